The maximum absolute atomic E-state index is 12.8. The summed E-state index contributed by atoms with van der Waals surface area (Å²) in [6.07, 6.45) is 6.98. The standard InChI is InChI=1S/C25H25N5O2/c1-29-10-12-30(13-11-29)24-16-22-20(15-23(24)26-25(31)19-9-14-32-17-19)21(27-28-22)8-7-18-5-3-2-4-6-18/h2-9,14-17H,10-13H2,1H3,(H,26,31)(H,27,28)/b8-7+. The Kier molecular flexibility index (Phi) is 5.47. The summed E-state index contributed by atoms with van der Waals surface area (Å²) in [7, 11) is 2.13. The van der Waals surface area contributed by atoms with Gasteiger partial charge in [0.15, 0.2) is 0 Å². The van der Waals surface area contributed by atoms with Gasteiger partial charge in [0, 0.05) is 31.6 Å². The van der Waals surface area contributed by atoms with E-state index in [1.165, 1.54) is 12.5 Å². The van der Waals surface area contributed by atoms with E-state index in [-0.39, 0.29) is 5.91 Å². The third-order valence-corrected chi connectivity index (χ3v) is 5.82. The van der Waals surface area contributed by atoms with Gasteiger partial charge in [0.05, 0.1) is 34.4 Å². The monoisotopic (exact) mass is 427 g/mol. The molecule has 32 heavy (non-hydrogen) atoms. The second-order valence-corrected chi connectivity index (χ2v) is 8.02. The van der Waals surface area contributed by atoms with E-state index < -0.39 is 0 Å². The number of fused-ring (bicyclic) bond motifs is 1. The van der Waals surface area contributed by atoms with Crippen LogP contribution < -0.4 is 10.2 Å². The van der Waals surface area contributed by atoms with Gasteiger partial charge in [0.25, 0.3) is 5.91 Å². The molecular formula is C25H25N5O2. The van der Waals surface area contributed by atoms with Gasteiger partial charge < -0.3 is 19.5 Å². The van der Waals surface area contributed by atoms with Gasteiger partial charge in [0.1, 0.15) is 6.26 Å². The number of carbonyl (C=O) groups excluding carboxylic acids is 1. The number of hydrogen-bond donors (Lipinski definition) is 2. The van der Waals surface area contributed by atoms with Crippen LogP contribution in [0.15, 0.2) is 65.5 Å². The Morgan fingerprint density at radius 1 is 1.09 bits per heavy atom. The summed E-state index contributed by atoms with van der Waals surface area (Å²) in [5.41, 5.74) is 5.12. The molecule has 1 saturated heterocycles. The van der Waals surface area contributed by atoms with Crippen LogP contribution in [-0.4, -0.2) is 54.2 Å². The van der Waals surface area contributed by atoms with Crippen molar-refractivity contribution in [2.45, 2.75) is 0 Å². The molecule has 5 rings (SSSR count). The molecular weight excluding hydrogens is 402 g/mol. The van der Waals surface area contributed by atoms with E-state index in [0.717, 1.165) is 59.7 Å². The molecule has 0 unspecified atom stereocenters. The quantitative estimate of drug-likeness (QED) is 0.496. The van der Waals surface area contributed by atoms with Gasteiger partial charge in [-0.15, -0.1) is 0 Å². The highest BCUT2D eigenvalue weighted by Crippen LogP contribution is 2.33. The normalized spacial score (nSPS) is 15.0. The van der Waals surface area contributed by atoms with Crippen LogP contribution in [0.5, 0.6) is 0 Å². The molecule has 2 N–H and O–H groups in total. The van der Waals surface area contributed by atoms with E-state index >= 15 is 0 Å². The van der Waals surface area contributed by atoms with Crippen LogP contribution in [0.2, 0.25) is 0 Å². The van der Waals surface area contributed by atoms with E-state index in [2.05, 4.69) is 38.4 Å². The smallest absolute Gasteiger partial charge is 0.258 e. The van der Waals surface area contributed by atoms with Crippen molar-refractivity contribution in [3.63, 3.8) is 0 Å². The fraction of sp³-hybridized carbons (Fsp3) is 0.200. The molecule has 1 aliphatic heterocycles. The third kappa shape index (κ3) is 4.15. The number of carbonyl (C=O) groups is 1. The zero-order chi connectivity index (χ0) is 21.9. The molecule has 1 aliphatic rings. The number of nitrogens with zero attached hydrogens (tertiary/aromatic N) is 3. The van der Waals surface area contributed by atoms with Crippen LogP contribution in [0.3, 0.4) is 0 Å². The number of rotatable bonds is 5. The number of anilines is 2. The van der Waals surface area contributed by atoms with Crippen molar-refractivity contribution >= 4 is 40.3 Å². The zero-order valence-corrected chi connectivity index (χ0v) is 17.9. The highest BCUT2D eigenvalue weighted by molar-refractivity contribution is 6.08. The molecule has 0 aliphatic carbocycles. The second kappa shape index (κ2) is 8.72. The Morgan fingerprint density at radius 2 is 1.91 bits per heavy atom. The molecule has 2 aromatic carbocycles. The van der Waals surface area contributed by atoms with E-state index in [9.17, 15) is 4.79 Å². The average molecular weight is 428 g/mol. The molecule has 7 nitrogen and oxygen atoms in total. The number of piperazine rings is 1. The lowest BCUT2D eigenvalue weighted by molar-refractivity contribution is 0.102. The van der Waals surface area contributed by atoms with E-state index in [1.807, 2.05) is 48.6 Å². The van der Waals surface area contributed by atoms with Crippen molar-refractivity contribution in [1.82, 2.24) is 15.1 Å². The van der Waals surface area contributed by atoms with Crippen LogP contribution >= 0.6 is 0 Å². The summed E-state index contributed by atoms with van der Waals surface area (Å²) in [6.45, 7) is 3.74. The van der Waals surface area contributed by atoms with Gasteiger partial charge in [-0.1, -0.05) is 36.4 Å². The van der Waals surface area contributed by atoms with E-state index in [4.69, 9.17) is 4.42 Å². The number of furan rings is 1. The molecule has 0 radical (unpaired) electrons. The molecule has 1 fully saturated rings. The topological polar surface area (TPSA) is 77.4 Å². The lowest BCUT2D eigenvalue weighted by Gasteiger charge is -2.35. The fourth-order valence-corrected chi connectivity index (χ4v) is 3.94. The van der Waals surface area contributed by atoms with Crippen LogP contribution in [0.25, 0.3) is 23.1 Å². The van der Waals surface area contributed by atoms with Gasteiger partial charge >= 0.3 is 0 Å². The van der Waals surface area contributed by atoms with Crippen LogP contribution in [0, 0.1) is 0 Å². The summed E-state index contributed by atoms with van der Waals surface area (Å²) in [4.78, 5) is 17.4. The Balaban J connectivity index is 1.52. The largest absolute Gasteiger partial charge is 0.472 e. The molecule has 3 heterocycles. The maximum atomic E-state index is 12.8. The van der Waals surface area contributed by atoms with Crippen molar-refractivity contribution in [3.8, 4) is 0 Å². The van der Waals surface area contributed by atoms with Crippen molar-refractivity contribution in [3.05, 3.63) is 77.9 Å². The van der Waals surface area contributed by atoms with Crippen molar-refractivity contribution in [1.29, 1.82) is 0 Å². The number of nitrogens with one attached hydrogen (secondary N) is 2. The molecule has 7 heteroatoms. The molecule has 162 valence electrons. The minimum Gasteiger partial charge on any atom is -0.472 e. The first-order valence-corrected chi connectivity index (χ1v) is 10.7. The summed E-state index contributed by atoms with van der Waals surface area (Å²) in [6, 6.07) is 15.9. The second-order valence-electron chi connectivity index (χ2n) is 8.02. The first-order valence-electron chi connectivity index (χ1n) is 10.7. The molecule has 0 saturated carbocycles. The molecule has 0 bridgehead atoms. The SMILES string of the molecule is CN1CCN(c2cc3[nH]nc(/C=C/c4ccccc4)c3cc2NC(=O)c2ccoc2)CC1. The van der Waals surface area contributed by atoms with Gasteiger partial charge in [-0.2, -0.15) is 5.10 Å². The first-order chi connectivity index (χ1) is 15.7. The predicted octanol–water partition coefficient (Wildman–Crippen LogP) is 4.33. The highest BCUT2D eigenvalue weighted by Gasteiger charge is 2.21. The lowest BCUT2D eigenvalue weighted by atomic mass is 10.1. The summed E-state index contributed by atoms with van der Waals surface area (Å²) in [5, 5.41) is 11.7. The summed E-state index contributed by atoms with van der Waals surface area (Å²) < 4.78 is 5.08. The number of amides is 1. The Bertz CT molecular complexity index is 1240. The van der Waals surface area contributed by atoms with Gasteiger partial charge in [0.2, 0.25) is 0 Å². The molecule has 2 aromatic heterocycles. The van der Waals surface area contributed by atoms with Gasteiger partial charge in [-0.3, -0.25) is 9.89 Å². The van der Waals surface area contributed by atoms with Crippen molar-refractivity contribution in [2.75, 3.05) is 43.4 Å². The zero-order valence-electron chi connectivity index (χ0n) is 17.9. The summed E-state index contributed by atoms with van der Waals surface area (Å²) >= 11 is 0. The number of likely N-dealkylation sites (N-methyl/N-ethyl adjacent to an activating group) is 1. The molecule has 1 amide bonds. The number of benzene rings is 2. The van der Waals surface area contributed by atoms with Gasteiger partial charge in [-0.25, -0.2) is 0 Å². The average Bonchev–Trinajstić information content (AvgIpc) is 3.49. The molecule has 0 atom stereocenters. The van der Waals surface area contributed by atoms with Crippen molar-refractivity contribution in [2.24, 2.45) is 0 Å². The summed E-state index contributed by atoms with van der Waals surface area (Å²) in [5.74, 6) is -0.196. The van der Waals surface area contributed by atoms with Crippen LogP contribution in [0.1, 0.15) is 21.6 Å². The van der Waals surface area contributed by atoms with E-state index in [0.29, 0.717) is 5.56 Å². The van der Waals surface area contributed by atoms with Crippen LogP contribution in [-0.2, 0) is 0 Å². The fourth-order valence-electron chi connectivity index (χ4n) is 3.94. The lowest BCUT2D eigenvalue weighted by Crippen LogP contribution is -2.44. The third-order valence-electron chi connectivity index (χ3n) is 5.82. The van der Waals surface area contributed by atoms with Crippen molar-refractivity contribution < 1.29 is 9.21 Å². The minimum atomic E-state index is -0.196. The predicted molar refractivity (Wildman–Crippen MR) is 128 cm³/mol. The Labute approximate surface area is 186 Å². The van der Waals surface area contributed by atoms with E-state index in [1.54, 1.807) is 6.07 Å². The number of aromatic nitrogens is 2. The number of hydrogen-bond acceptors (Lipinski definition) is 5. The number of aromatic amines is 1. The van der Waals surface area contributed by atoms with Gasteiger partial charge in [-0.05, 0) is 36.9 Å². The Hall–Kier alpha value is -3.84. The highest BCUT2D eigenvalue weighted by atomic mass is 16.3. The Morgan fingerprint density at radius 3 is 2.66 bits per heavy atom. The number of H-pyrrole nitrogens is 1. The maximum Gasteiger partial charge on any atom is 0.258 e. The van der Waals surface area contributed by atoms with Crippen LogP contribution in [0.4, 0.5) is 11.4 Å². The minimum absolute atomic E-state index is 0.196. The molecule has 0 spiro atoms. The first kappa shape index (κ1) is 20.1. The molecule has 4 aromatic rings.